The number of hydrogen-bond acceptors (Lipinski definition) is 4. The van der Waals surface area contributed by atoms with Crippen molar-refractivity contribution in [3.63, 3.8) is 0 Å². The van der Waals surface area contributed by atoms with Crippen molar-refractivity contribution in [2.45, 2.75) is 47.1 Å². The molecule has 152 valence electrons. The average molecular weight is 387 g/mol. The standard InChI is InChI=1S/C21H29N3O4/c1-14(2)12-24-16(4)19(15(3)22-24)10-11-20(25)23(5)17-6-8-18(9-7-17)28-13-21(26)27/h6-9,14H,10-13H2,1-5H3,(H,26,27). The van der Waals surface area contributed by atoms with Gasteiger partial charge in [-0.05, 0) is 56.0 Å². The molecule has 28 heavy (non-hydrogen) atoms. The van der Waals surface area contributed by atoms with Crippen LogP contribution < -0.4 is 9.64 Å². The van der Waals surface area contributed by atoms with Gasteiger partial charge in [0.05, 0.1) is 5.69 Å². The maximum absolute atomic E-state index is 12.6. The summed E-state index contributed by atoms with van der Waals surface area (Å²) in [6, 6.07) is 6.80. The molecular formula is C21H29N3O4. The molecule has 0 spiro atoms. The van der Waals surface area contributed by atoms with Gasteiger partial charge in [-0.2, -0.15) is 5.10 Å². The number of hydrogen-bond donors (Lipinski definition) is 1. The number of nitrogens with zero attached hydrogens (tertiary/aromatic N) is 3. The minimum Gasteiger partial charge on any atom is -0.482 e. The Morgan fingerprint density at radius 3 is 2.43 bits per heavy atom. The van der Waals surface area contributed by atoms with Crippen molar-refractivity contribution >= 4 is 17.6 Å². The largest absolute Gasteiger partial charge is 0.482 e. The van der Waals surface area contributed by atoms with E-state index in [0.29, 0.717) is 24.5 Å². The SMILES string of the molecule is Cc1nn(CC(C)C)c(C)c1CCC(=O)N(C)c1ccc(OCC(=O)O)cc1. The molecule has 0 aliphatic carbocycles. The third kappa shape index (κ3) is 5.58. The van der Waals surface area contributed by atoms with E-state index in [1.54, 1.807) is 36.2 Å². The molecule has 2 aromatic rings. The Morgan fingerprint density at radius 2 is 1.86 bits per heavy atom. The number of aliphatic carboxylic acids is 1. The minimum atomic E-state index is -1.03. The molecule has 7 heteroatoms. The Labute approximate surface area is 165 Å². The predicted octanol–water partition coefficient (Wildman–Crippen LogP) is 3.21. The summed E-state index contributed by atoms with van der Waals surface area (Å²) in [7, 11) is 1.73. The lowest BCUT2D eigenvalue weighted by Crippen LogP contribution is -2.26. The molecule has 0 aliphatic rings. The van der Waals surface area contributed by atoms with Crippen LogP contribution in [0.1, 0.15) is 37.2 Å². The molecule has 0 aliphatic heterocycles. The fourth-order valence-corrected chi connectivity index (χ4v) is 3.07. The summed E-state index contributed by atoms with van der Waals surface area (Å²) in [4.78, 5) is 24.8. The molecule has 1 N–H and O–H groups in total. The Hall–Kier alpha value is -2.83. The first kappa shape index (κ1) is 21.5. The second-order valence-corrected chi connectivity index (χ2v) is 7.35. The number of carbonyl (C=O) groups is 2. The van der Waals surface area contributed by atoms with Crippen LogP contribution >= 0.6 is 0 Å². The molecule has 7 nitrogen and oxygen atoms in total. The first-order valence-electron chi connectivity index (χ1n) is 9.43. The molecule has 2 rings (SSSR count). The summed E-state index contributed by atoms with van der Waals surface area (Å²) in [5.74, 6) is -0.0508. The number of carboxylic acid groups (broad SMARTS) is 1. The maximum Gasteiger partial charge on any atom is 0.341 e. The number of carboxylic acids is 1. The van der Waals surface area contributed by atoms with Gasteiger partial charge in [0.15, 0.2) is 6.61 Å². The van der Waals surface area contributed by atoms with Crippen molar-refractivity contribution < 1.29 is 19.4 Å². The average Bonchev–Trinajstić information content (AvgIpc) is 2.90. The smallest absolute Gasteiger partial charge is 0.341 e. The van der Waals surface area contributed by atoms with Crippen LogP contribution in [-0.4, -0.2) is 40.4 Å². The Morgan fingerprint density at radius 1 is 1.21 bits per heavy atom. The van der Waals surface area contributed by atoms with E-state index in [0.717, 1.165) is 29.2 Å². The van der Waals surface area contributed by atoms with Gasteiger partial charge in [0.1, 0.15) is 5.75 Å². The third-order valence-corrected chi connectivity index (χ3v) is 4.62. The van der Waals surface area contributed by atoms with Gasteiger partial charge in [0, 0.05) is 31.4 Å². The second-order valence-electron chi connectivity index (χ2n) is 7.35. The normalized spacial score (nSPS) is 10.9. The van der Waals surface area contributed by atoms with Crippen molar-refractivity contribution in [1.82, 2.24) is 9.78 Å². The van der Waals surface area contributed by atoms with Crippen LogP contribution in [0.3, 0.4) is 0 Å². The quantitative estimate of drug-likeness (QED) is 0.714. The molecule has 1 heterocycles. The van der Waals surface area contributed by atoms with Gasteiger partial charge >= 0.3 is 5.97 Å². The first-order valence-corrected chi connectivity index (χ1v) is 9.43. The third-order valence-electron chi connectivity index (χ3n) is 4.62. The zero-order valence-electron chi connectivity index (χ0n) is 17.2. The molecule has 1 amide bonds. The van der Waals surface area contributed by atoms with Crippen molar-refractivity contribution in [3.05, 3.63) is 41.2 Å². The lowest BCUT2D eigenvalue weighted by Gasteiger charge is -2.18. The second kappa shape index (κ2) is 9.39. The number of ether oxygens (including phenoxy) is 1. The monoisotopic (exact) mass is 387 g/mol. The van der Waals surface area contributed by atoms with E-state index in [1.165, 1.54) is 0 Å². The van der Waals surface area contributed by atoms with Crippen molar-refractivity contribution in [1.29, 1.82) is 0 Å². The first-order chi connectivity index (χ1) is 13.2. The van der Waals surface area contributed by atoms with Gasteiger partial charge in [-0.15, -0.1) is 0 Å². The van der Waals surface area contributed by atoms with Crippen molar-refractivity contribution in [2.75, 3.05) is 18.6 Å². The van der Waals surface area contributed by atoms with Gasteiger partial charge in [-0.1, -0.05) is 13.8 Å². The van der Waals surface area contributed by atoms with Crippen LogP contribution in [0, 0.1) is 19.8 Å². The van der Waals surface area contributed by atoms with E-state index < -0.39 is 12.6 Å². The fourth-order valence-electron chi connectivity index (χ4n) is 3.07. The van der Waals surface area contributed by atoms with Crippen LogP contribution in [-0.2, 0) is 22.6 Å². The van der Waals surface area contributed by atoms with E-state index in [-0.39, 0.29) is 5.91 Å². The molecule has 0 saturated carbocycles. The topological polar surface area (TPSA) is 84.7 Å². The van der Waals surface area contributed by atoms with Gasteiger partial charge in [0.25, 0.3) is 0 Å². The number of rotatable bonds is 9. The molecule has 0 atom stereocenters. The molecule has 0 fully saturated rings. The molecule has 0 radical (unpaired) electrons. The Balaban J connectivity index is 1.97. The highest BCUT2D eigenvalue weighted by Crippen LogP contribution is 2.21. The summed E-state index contributed by atoms with van der Waals surface area (Å²) >= 11 is 0. The highest BCUT2D eigenvalue weighted by atomic mass is 16.5. The predicted molar refractivity (Wildman–Crippen MR) is 108 cm³/mol. The van der Waals surface area contributed by atoms with E-state index in [1.807, 2.05) is 11.6 Å². The minimum absolute atomic E-state index is 0.00890. The van der Waals surface area contributed by atoms with Crippen LogP contribution in [0.4, 0.5) is 5.69 Å². The lowest BCUT2D eigenvalue weighted by atomic mass is 10.1. The van der Waals surface area contributed by atoms with Gasteiger partial charge in [-0.3, -0.25) is 9.48 Å². The van der Waals surface area contributed by atoms with Crippen LogP contribution in [0.5, 0.6) is 5.75 Å². The zero-order chi connectivity index (χ0) is 20.8. The highest BCUT2D eigenvalue weighted by Gasteiger charge is 2.16. The van der Waals surface area contributed by atoms with E-state index in [4.69, 9.17) is 9.84 Å². The molecule has 1 aromatic carbocycles. The van der Waals surface area contributed by atoms with E-state index >= 15 is 0 Å². The lowest BCUT2D eigenvalue weighted by molar-refractivity contribution is -0.139. The summed E-state index contributed by atoms with van der Waals surface area (Å²) < 4.78 is 7.14. The molecular weight excluding hydrogens is 358 g/mol. The summed E-state index contributed by atoms with van der Waals surface area (Å²) in [5.41, 5.74) is 3.98. The summed E-state index contributed by atoms with van der Waals surface area (Å²) in [5, 5.41) is 13.2. The zero-order valence-corrected chi connectivity index (χ0v) is 17.2. The van der Waals surface area contributed by atoms with Gasteiger partial charge < -0.3 is 14.7 Å². The number of amides is 1. The van der Waals surface area contributed by atoms with Crippen molar-refractivity contribution in [3.8, 4) is 5.75 Å². The number of benzene rings is 1. The summed E-state index contributed by atoms with van der Waals surface area (Å²) in [6.07, 6.45) is 1.04. The van der Waals surface area contributed by atoms with Gasteiger partial charge in [-0.25, -0.2) is 4.79 Å². The molecule has 1 aromatic heterocycles. The van der Waals surface area contributed by atoms with E-state index in [9.17, 15) is 9.59 Å². The number of aryl methyl sites for hydroxylation is 1. The Bertz CT molecular complexity index is 825. The fraction of sp³-hybridized carbons (Fsp3) is 0.476. The highest BCUT2D eigenvalue weighted by molar-refractivity contribution is 5.93. The summed E-state index contributed by atoms with van der Waals surface area (Å²) in [6.45, 7) is 8.85. The van der Waals surface area contributed by atoms with Crippen molar-refractivity contribution in [2.24, 2.45) is 5.92 Å². The van der Waals surface area contributed by atoms with E-state index in [2.05, 4.69) is 25.9 Å². The van der Waals surface area contributed by atoms with Crippen LogP contribution in [0.15, 0.2) is 24.3 Å². The van der Waals surface area contributed by atoms with Gasteiger partial charge in [0.2, 0.25) is 5.91 Å². The molecule has 0 unspecified atom stereocenters. The molecule has 0 saturated heterocycles. The Kier molecular flexibility index (Phi) is 7.20. The number of anilines is 1. The maximum atomic E-state index is 12.6. The number of aromatic nitrogens is 2. The molecule has 0 bridgehead atoms. The van der Waals surface area contributed by atoms with Crippen LogP contribution in [0.2, 0.25) is 0 Å². The number of carbonyl (C=O) groups excluding carboxylic acids is 1. The van der Waals surface area contributed by atoms with Crippen LogP contribution in [0.25, 0.3) is 0 Å².